The molecule has 1 saturated carbocycles. The van der Waals surface area contributed by atoms with Crippen LogP contribution in [0.3, 0.4) is 0 Å². The molecule has 2 nitrogen and oxygen atoms in total. The second kappa shape index (κ2) is 7.18. The Labute approximate surface area is 142 Å². The predicted molar refractivity (Wildman–Crippen MR) is 94.5 cm³/mol. The van der Waals surface area contributed by atoms with Gasteiger partial charge in [0, 0.05) is 11.4 Å². The molecule has 0 aromatic heterocycles. The Balaban J connectivity index is 1.64. The summed E-state index contributed by atoms with van der Waals surface area (Å²) < 4.78 is 0. The van der Waals surface area contributed by atoms with Crippen molar-refractivity contribution < 1.29 is 4.79 Å². The van der Waals surface area contributed by atoms with Crippen molar-refractivity contribution in [3.63, 3.8) is 0 Å². The molecule has 2 aromatic rings. The lowest BCUT2D eigenvalue weighted by Gasteiger charge is -2.20. The van der Waals surface area contributed by atoms with E-state index in [1.54, 1.807) is 0 Å². The maximum Gasteiger partial charge on any atom is 0.221 e. The average Bonchev–Trinajstić information content (AvgIpc) is 3.39. The highest BCUT2D eigenvalue weighted by Crippen LogP contribution is 2.41. The molecular weight excluding hydrogens is 306 g/mol. The van der Waals surface area contributed by atoms with Crippen LogP contribution in [0.4, 0.5) is 0 Å². The largest absolute Gasteiger partial charge is 0.349 e. The fourth-order valence-corrected chi connectivity index (χ4v) is 3.11. The second-order valence-corrected chi connectivity index (χ2v) is 6.89. The SMILES string of the molecule is CC(CC(=O)NC(c1ccc(Cl)cc1)C1CC1)c1ccccc1. The number of nitrogens with one attached hydrogen (secondary N) is 1. The highest BCUT2D eigenvalue weighted by Gasteiger charge is 2.33. The van der Waals surface area contributed by atoms with Gasteiger partial charge in [-0.3, -0.25) is 4.79 Å². The molecule has 2 unspecified atom stereocenters. The molecule has 3 heteroatoms. The second-order valence-electron chi connectivity index (χ2n) is 6.45. The van der Waals surface area contributed by atoms with E-state index in [0.29, 0.717) is 12.3 Å². The molecule has 0 aliphatic heterocycles. The quantitative estimate of drug-likeness (QED) is 0.785. The van der Waals surface area contributed by atoms with Gasteiger partial charge in [-0.05, 0) is 47.9 Å². The van der Waals surface area contributed by atoms with Gasteiger partial charge >= 0.3 is 0 Å². The van der Waals surface area contributed by atoms with Gasteiger partial charge in [-0.1, -0.05) is 61.0 Å². The number of rotatable bonds is 6. The molecule has 1 aliphatic carbocycles. The van der Waals surface area contributed by atoms with Crippen molar-refractivity contribution in [2.45, 2.75) is 38.1 Å². The van der Waals surface area contributed by atoms with Gasteiger partial charge in [-0.15, -0.1) is 0 Å². The van der Waals surface area contributed by atoms with E-state index in [4.69, 9.17) is 11.6 Å². The van der Waals surface area contributed by atoms with Crippen molar-refractivity contribution in [2.24, 2.45) is 5.92 Å². The van der Waals surface area contributed by atoms with E-state index in [-0.39, 0.29) is 17.9 Å². The van der Waals surface area contributed by atoms with E-state index < -0.39 is 0 Å². The van der Waals surface area contributed by atoms with Gasteiger partial charge < -0.3 is 5.32 Å². The molecule has 0 saturated heterocycles. The summed E-state index contributed by atoms with van der Waals surface area (Å²) in [6.45, 7) is 2.10. The minimum Gasteiger partial charge on any atom is -0.349 e. The lowest BCUT2D eigenvalue weighted by Crippen LogP contribution is -2.30. The fraction of sp³-hybridized carbons (Fsp3) is 0.350. The first kappa shape index (κ1) is 16.1. The highest BCUT2D eigenvalue weighted by molar-refractivity contribution is 6.30. The smallest absolute Gasteiger partial charge is 0.221 e. The summed E-state index contributed by atoms with van der Waals surface area (Å²) in [7, 11) is 0. The number of hydrogen-bond donors (Lipinski definition) is 1. The third-order valence-corrected chi connectivity index (χ3v) is 4.75. The maximum atomic E-state index is 12.5. The Hall–Kier alpha value is -1.80. The zero-order chi connectivity index (χ0) is 16.2. The monoisotopic (exact) mass is 327 g/mol. The van der Waals surface area contributed by atoms with Crippen LogP contribution in [-0.2, 0) is 4.79 Å². The molecule has 120 valence electrons. The van der Waals surface area contributed by atoms with Crippen LogP contribution in [0.1, 0.15) is 49.3 Å². The standard InChI is InChI=1S/C20H22ClNO/c1-14(15-5-3-2-4-6-15)13-19(23)22-20(16-7-8-16)17-9-11-18(21)12-10-17/h2-6,9-12,14,16,20H,7-8,13H2,1H3,(H,22,23). The van der Waals surface area contributed by atoms with Crippen molar-refractivity contribution >= 4 is 17.5 Å². The van der Waals surface area contributed by atoms with Crippen molar-refractivity contribution in [3.05, 3.63) is 70.7 Å². The zero-order valence-electron chi connectivity index (χ0n) is 13.3. The van der Waals surface area contributed by atoms with Crippen LogP contribution in [-0.4, -0.2) is 5.91 Å². The molecule has 2 atom stereocenters. The van der Waals surface area contributed by atoms with Crippen molar-refractivity contribution in [1.29, 1.82) is 0 Å². The van der Waals surface area contributed by atoms with Gasteiger partial charge in [-0.25, -0.2) is 0 Å². The van der Waals surface area contributed by atoms with Crippen LogP contribution in [0, 0.1) is 5.92 Å². The number of halogens is 1. The number of carbonyl (C=O) groups excluding carboxylic acids is 1. The molecule has 0 heterocycles. The minimum atomic E-state index is 0.114. The molecule has 1 amide bonds. The lowest BCUT2D eigenvalue weighted by molar-refractivity contribution is -0.122. The molecular formula is C20H22ClNO. The van der Waals surface area contributed by atoms with Gasteiger partial charge in [0.05, 0.1) is 6.04 Å². The molecule has 23 heavy (non-hydrogen) atoms. The number of benzene rings is 2. The summed E-state index contributed by atoms with van der Waals surface area (Å²) >= 11 is 5.97. The van der Waals surface area contributed by atoms with E-state index in [1.807, 2.05) is 42.5 Å². The van der Waals surface area contributed by atoms with Crippen LogP contribution in [0.5, 0.6) is 0 Å². The minimum absolute atomic E-state index is 0.114. The molecule has 0 spiro atoms. The lowest BCUT2D eigenvalue weighted by atomic mass is 9.96. The molecule has 1 aliphatic rings. The van der Waals surface area contributed by atoms with Gasteiger partial charge in [0.2, 0.25) is 5.91 Å². The van der Waals surface area contributed by atoms with E-state index in [0.717, 1.165) is 10.6 Å². The molecule has 2 aromatic carbocycles. The predicted octanol–water partition coefficient (Wildman–Crippen LogP) is 5.10. The Morgan fingerprint density at radius 1 is 1.09 bits per heavy atom. The van der Waals surface area contributed by atoms with Gasteiger partial charge in [0.25, 0.3) is 0 Å². The average molecular weight is 328 g/mol. The first-order valence-corrected chi connectivity index (χ1v) is 8.61. The molecule has 1 fully saturated rings. The molecule has 1 N–H and O–H groups in total. The molecule has 0 bridgehead atoms. The van der Waals surface area contributed by atoms with Crippen molar-refractivity contribution in [3.8, 4) is 0 Å². The molecule has 3 rings (SSSR count). The fourth-order valence-electron chi connectivity index (χ4n) is 2.98. The number of amides is 1. The Morgan fingerprint density at radius 3 is 2.35 bits per heavy atom. The molecule has 0 radical (unpaired) electrons. The van der Waals surface area contributed by atoms with Crippen LogP contribution >= 0.6 is 11.6 Å². The van der Waals surface area contributed by atoms with Crippen LogP contribution < -0.4 is 5.32 Å². The third-order valence-electron chi connectivity index (χ3n) is 4.50. The van der Waals surface area contributed by atoms with Crippen LogP contribution in [0.2, 0.25) is 5.02 Å². The van der Waals surface area contributed by atoms with E-state index in [2.05, 4.69) is 24.4 Å². The third kappa shape index (κ3) is 4.35. The summed E-state index contributed by atoms with van der Waals surface area (Å²) in [5.41, 5.74) is 2.36. The Kier molecular flexibility index (Phi) is 5.02. The summed E-state index contributed by atoms with van der Waals surface area (Å²) in [6.07, 6.45) is 2.88. The number of hydrogen-bond acceptors (Lipinski definition) is 1. The van der Waals surface area contributed by atoms with Crippen LogP contribution in [0.15, 0.2) is 54.6 Å². The Bertz CT molecular complexity index is 649. The van der Waals surface area contributed by atoms with E-state index in [9.17, 15) is 4.79 Å². The van der Waals surface area contributed by atoms with Crippen LogP contribution in [0.25, 0.3) is 0 Å². The van der Waals surface area contributed by atoms with Gasteiger partial charge in [0.15, 0.2) is 0 Å². The number of carbonyl (C=O) groups is 1. The van der Waals surface area contributed by atoms with E-state index in [1.165, 1.54) is 18.4 Å². The first-order valence-electron chi connectivity index (χ1n) is 8.23. The normalized spacial score (nSPS) is 16.6. The van der Waals surface area contributed by atoms with Gasteiger partial charge in [0.1, 0.15) is 0 Å². The summed E-state index contributed by atoms with van der Waals surface area (Å²) in [6, 6.07) is 18.1. The highest BCUT2D eigenvalue weighted by atomic mass is 35.5. The van der Waals surface area contributed by atoms with Gasteiger partial charge in [-0.2, -0.15) is 0 Å². The summed E-state index contributed by atoms with van der Waals surface area (Å²) in [5, 5.41) is 3.96. The van der Waals surface area contributed by atoms with Crippen molar-refractivity contribution in [2.75, 3.05) is 0 Å². The summed E-state index contributed by atoms with van der Waals surface area (Å²) in [5.74, 6) is 0.904. The maximum absolute atomic E-state index is 12.5. The zero-order valence-corrected chi connectivity index (χ0v) is 14.1. The topological polar surface area (TPSA) is 29.1 Å². The Morgan fingerprint density at radius 2 is 1.74 bits per heavy atom. The van der Waals surface area contributed by atoms with Crippen molar-refractivity contribution in [1.82, 2.24) is 5.32 Å². The first-order chi connectivity index (χ1) is 11.1. The summed E-state index contributed by atoms with van der Waals surface area (Å²) in [4.78, 5) is 12.5. The van der Waals surface area contributed by atoms with E-state index >= 15 is 0 Å².